The molecule has 0 radical (unpaired) electrons. The molecule has 100 valence electrons. The second kappa shape index (κ2) is 5.19. The molecule has 1 saturated heterocycles. The fourth-order valence-electron chi connectivity index (χ4n) is 2.28. The van der Waals surface area contributed by atoms with E-state index in [1.807, 2.05) is 6.92 Å². The first-order valence-corrected chi connectivity index (χ1v) is 8.23. The Morgan fingerprint density at radius 3 is 2.72 bits per heavy atom. The molecule has 1 aromatic rings. The maximum Gasteiger partial charge on any atom is 0.244 e. The highest BCUT2D eigenvalue weighted by Crippen LogP contribution is 2.30. The van der Waals surface area contributed by atoms with Gasteiger partial charge in [0.2, 0.25) is 10.0 Å². The van der Waals surface area contributed by atoms with E-state index >= 15 is 0 Å². The Hall–Kier alpha value is -0.590. The Morgan fingerprint density at radius 1 is 1.39 bits per heavy atom. The Morgan fingerprint density at radius 2 is 2.11 bits per heavy atom. The zero-order valence-corrected chi connectivity index (χ0v) is 12.7. The first kappa shape index (κ1) is 13.8. The lowest BCUT2D eigenvalue weighted by molar-refractivity contribution is 0.268. The third-order valence-corrected chi connectivity index (χ3v) is 6.27. The minimum atomic E-state index is -3.43. The SMILES string of the molecule is CC1CCCCN1S(=O)(=O)c1ccc(N)cc1Br. The number of halogens is 1. The van der Waals surface area contributed by atoms with E-state index in [4.69, 9.17) is 5.73 Å². The van der Waals surface area contributed by atoms with Gasteiger partial charge in [-0.1, -0.05) is 6.42 Å². The molecular formula is C12H17BrN2O2S. The van der Waals surface area contributed by atoms with Crippen molar-refractivity contribution in [2.75, 3.05) is 12.3 Å². The molecule has 1 heterocycles. The zero-order chi connectivity index (χ0) is 13.3. The summed E-state index contributed by atoms with van der Waals surface area (Å²) in [6.07, 6.45) is 2.94. The average Bonchev–Trinajstić information content (AvgIpc) is 2.28. The molecule has 0 aromatic heterocycles. The summed E-state index contributed by atoms with van der Waals surface area (Å²) >= 11 is 3.28. The van der Waals surface area contributed by atoms with Crippen molar-refractivity contribution in [3.63, 3.8) is 0 Å². The Kier molecular flexibility index (Phi) is 3.99. The average molecular weight is 333 g/mol. The Balaban J connectivity index is 2.41. The zero-order valence-electron chi connectivity index (χ0n) is 10.3. The number of nitrogen functional groups attached to an aromatic ring is 1. The second-order valence-corrected chi connectivity index (χ2v) is 7.36. The van der Waals surface area contributed by atoms with Crippen molar-refractivity contribution < 1.29 is 8.42 Å². The highest BCUT2D eigenvalue weighted by molar-refractivity contribution is 9.10. The smallest absolute Gasteiger partial charge is 0.244 e. The maximum absolute atomic E-state index is 12.6. The molecule has 1 fully saturated rings. The van der Waals surface area contributed by atoms with Crippen LogP contribution < -0.4 is 5.73 Å². The molecule has 2 rings (SSSR count). The minimum Gasteiger partial charge on any atom is -0.399 e. The number of sulfonamides is 1. The van der Waals surface area contributed by atoms with Gasteiger partial charge >= 0.3 is 0 Å². The van der Waals surface area contributed by atoms with E-state index in [1.165, 1.54) is 0 Å². The lowest BCUT2D eigenvalue weighted by atomic mass is 10.1. The molecule has 2 N–H and O–H groups in total. The van der Waals surface area contributed by atoms with Crippen LogP contribution in [0.2, 0.25) is 0 Å². The summed E-state index contributed by atoms with van der Waals surface area (Å²) in [5, 5.41) is 0. The van der Waals surface area contributed by atoms with Crippen molar-refractivity contribution in [1.82, 2.24) is 4.31 Å². The van der Waals surface area contributed by atoms with Crippen LogP contribution in [0.3, 0.4) is 0 Å². The van der Waals surface area contributed by atoms with Crippen LogP contribution in [0, 0.1) is 0 Å². The number of nitrogens with zero attached hydrogens (tertiary/aromatic N) is 1. The van der Waals surface area contributed by atoms with Gasteiger partial charge in [-0.25, -0.2) is 8.42 Å². The fourth-order valence-corrected chi connectivity index (χ4v) is 5.04. The van der Waals surface area contributed by atoms with Gasteiger partial charge in [-0.15, -0.1) is 0 Å². The van der Waals surface area contributed by atoms with Crippen molar-refractivity contribution in [1.29, 1.82) is 0 Å². The van der Waals surface area contributed by atoms with Gasteiger partial charge in [0.05, 0.1) is 4.90 Å². The number of hydrogen-bond donors (Lipinski definition) is 1. The third kappa shape index (κ3) is 2.55. The van der Waals surface area contributed by atoms with Crippen LogP contribution in [-0.4, -0.2) is 25.3 Å². The van der Waals surface area contributed by atoms with Crippen LogP contribution >= 0.6 is 15.9 Å². The number of nitrogens with two attached hydrogens (primary N) is 1. The number of rotatable bonds is 2. The maximum atomic E-state index is 12.6. The quantitative estimate of drug-likeness (QED) is 0.846. The molecule has 1 aliphatic rings. The van der Waals surface area contributed by atoms with Crippen molar-refractivity contribution in [2.24, 2.45) is 0 Å². The molecule has 18 heavy (non-hydrogen) atoms. The van der Waals surface area contributed by atoms with Crippen molar-refractivity contribution in [2.45, 2.75) is 37.1 Å². The number of benzene rings is 1. The van der Waals surface area contributed by atoms with Crippen LogP contribution in [0.15, 0.2) is 27.6 Å². The topological polar surface area (TPSA) is 63.4 Å². The van der Waals surface area contributed by atoms with Crippen LogP contribution in [0.4, 0.5) is 5.69 Å². The van der Waals surface area contributed by atoms with Gasteiger partial charge in [0.25, 0.3) is 0 Å². The highest BCUT2D eigenvalue weighted by Gasteiger charge is 2.32. The van der Waals surface area contributed by atoms with Gasteiger partial charge in [-0.2, -0.15) is 4.31 Å². The molecule has 1 aliphatic heterocycles. The normalized spacial score (nSPS) is 22.0. The number of piperidine rings is 1. The molecule has 1 unspecified atom stereocenters. The highest BCUT2D eigenvalue weighted by atomic mass is 79.9. The van der Waals surface area contributed by atoms with Crippen LogP contribution in [0.5, 0.6) is 0 Å². The van der Waals surface area contributed by atoms with E-state index in [2.05, 4.69) is 15.9 Å². The lowest BCUT2D eigenvalue weighted by Crippen LogP contribution is -2.42. The lowest BCUT2D eigenvalue weighted by Gasteiger charge is -2.32. The molecule has 0 aliphatic carbocycles. The molecular weight excluding hydrogens is 316 g/mol. The Labute approximate surface area is 116 Å². The van der Waals surface area contributed by atoms with E-state index in [0.717, 1.165) is 19.3 Å². The minimum absolute atomic E-state index is 0.0632. The standard InChI is InChI=1S/C12H17BrN2O2S/c1-9-4-2-3-7-15(9)18(16,17)12-6-5-10(14)8-11(12)13/h5-6,8-9H,2-4,7,14H2,1H3. The molecule has 1 aromatic carbocycles. The summed E-state index contributed by atoms with van der Waals surface area (Å²) in [7, 11) is -3.43. The van der Waals surface area contributed by atoms with E-state index in [1.54, 1.807) is 22.5 Å². The van der Waals surface area contributed by atoms with Crippen LogP contribution in [0.25, 0.3) is 0 Å². The Bertz CT molecular complexity index is 545. The van der Waals surface area contributed by atoms with Gasteiger partial charge < -0.3 is 5.73 Å². The second-order valence-electron chi connectivity index (χ2n) is 4.65. The summed E-state index contributed by atoms with van der Waals surface area (Å²) in [6.45, 7) is 2.56. The summed E-state index contributed by atoms with van der Waals surface area (Å²) in [5.74, 6) is 0. The molecule has 0 spiro atoms. The summed E-state index contributed by atoms with van der Waals surface area (Å²) in [5.41, 5.74) is 6.19. The third-order valence-electron chi connectivity index (χ3n) is 3.28. The number of hydrogen-bond acceptors (Lipinski definition) is 3. The fraction of sp³-hybridized carbons (Fsp3) is 0.500. The van der Waals surface area contributed by atoms with Gasteiger partial charge in [0, 0.05) is 22.7 Å². The predicted molar refractivity (Wildman–Crippen MR) is 75.8 cm³/mol. The predicted octanol–water partition coefficient (Wildman–Crippen LogP) is 2.59. The molecule has 0 saturated carbocycles. The molecule has 0 bridgehead atoms. The van der Waals surface area contributed by atoms with Crippen molar-refractivity contribution in [3.05, 3.63) is 22.7 Å². The van der Waals surface area contributed by atoms with Gasteiger partial charge in [-0.05, 0) is 53.9 Å². The van der Waals surface area contributed by atoms with Crippen molar-refractivity contribution >= 4 is 31.6 Å². The van der Waals surface area contributed by atoms with Crippen LogP contribution in [-0.2, 0) is 10.0 Å². The van der Waals surface area contributed by atoms with E-state index < -0.39 is 10.0 Å². The molecule has 1 atom stereocenters. The van der Waals surface area contributed by atoms with E-state index in [9.17, 15) is 8.42 Å². The van der Waals surface area contributed by atoms with E-state index in [-0.39, 0.29) is 6.04 Å². The summed E-state index contributed by atoms with van der Waals surface area (Å²) in [6, 6.07) is 4.87. The van der Waals surface area contributed by atoms with Gasteiger partial charge in [-0.3, -0.25) is 0 Å². The van der Waals surface area contributed by atoms with Crippen LogP contribution in [0.1, 0.15) is 26.2 Å². The first-order chi connectivity index (χ1) is 8.43. The van der Waals surface area contributed by atoms with Gasteiger partial charge in [0.15, 0.2) is 0 Å². The van der Waals surface area contributed by atoms with E-state index in [0.29, 0.717) is 21.6 Å². The summed E-state index contributed by atoms with van der Waals surface area (Å²) in [4.78, 5) is 0.297. The van der Waals surface area contributed by atoms with Gasteiger partial charge in [0.1, 0.15) is 0 Å². The molecule has 0 amide bonds. The largest absolute Gasteiger partial charge is 0.399 e. The summed E-state index contributed by atoms with van der Waals surface area (Å²) < 4.78 is 27.3. The van der Waals surface area contributed by atoms with Crippen molar-refractivity contribution in [3.8, 4) is 0 Å². The molecule has 6 heteroatoms. The molecule has 4 nitrogen and oxygen atoms in total. The number of anilines is 1. The monoisotopic (exact) mass is 332 g/mol. The first-order valence-electron chi connectivity index (χ1n) is 6.00.